The summed E-state index contributed by atoms with van der Waals surface area (Å²) in [4.78, 5) is 0.391. The largest absolute Gasteiger partial charge is 0.389 e. The molecule has 5 heteroatoms. The van der Waals surface area contributed by atoms with Crippen LogP contribution in [-0.4, -0.2) is 21.7 Å². The molecule has 1 aromatic heterocycles. The second-order valence-electron chi connectivity index (χ2n) is 4.69. The van der Waals surface area contributed by atoms with Crippen LogP contribution in [0.3, 0.4) is 0 Å². The number of nitrogens with two attached hydrogens (primary N) is 1. The van der Waals surface area contributed by atoms with E-state index >= 15 is 0 Å². The Kier molecular flexibility index (Phi) is 5.47. The third-order valence-electron chi connectivity index (χ3n) is 2.77. The Bertz CT molecular complexity index is 429. The Morgan fingerprint density at radius 3 is 2.39 bits per heavy atom. The molecule has 3 N–H and O–H groups in total. The van der Waals surface area contributed by atoms with Crippen molar-refractivity contribution in [1.82, 2.24) is 10.2 Å². The molecule has 1 heterocycles. The highest BCUT2D eigenvalue weighted by Gasteiger charge is 2.16. The summed E-state index contributed by atoms with van der Waals surface area (Å²) in [6, 6.07) is 0. The van der Waals surface area contributed by atoms with E-state index < -0.39 is 0 Å². The van der Waals surface area contributed by atoms with E-state index in [0.29, 0.717) is 16.7 Å². The molecule has 0 unspecified atom stereocenters. The zero-order valence-electron chi connectivity index (χ0n) is 11.6. The van der Waals surface area contributed by atoms with Crippen LogP contribution < -0.4 is 11.1 Å². The lowest BCUT2D eigenvalue weighted by atomic mass is 10.0. The van der Waals surface area contributed by atoms with E-state index in [1.54, 1.807) is 0 Å². The molecular weight excluding hydrogens is 244 g/mol. The zero-order valence-corrected chi connectivity index (χ0v) is 12.4. The van der Waals surface area contributed by atoms with Crippen LogP contribution in [0.25, 0.3) is 0 Å². The van der Waals surface area contributed by atoms with E-state index in [9.17, 15) is 0 Å². The fourth-order valence-electron chi connectivity index (χ4n) is 1.86. The molecule has 0 atom stereocenters. The average Bonchev–Trinajstić information content (AvgIpc) is 2.34. The molecule has 1 rings (SSSR count). The van der Waals surface area contributed by atoms with Gasteiger partial charge in [-0.2, -0.15) is 5.10 Å². The van der Waals surface area contributed by atoms with E-state index in [2.05, 4.69) is 43.2 Å². The van der Waals surface area contributed by atoms with Gasteiger partial charge in [-0.05, 0) is 24.3 Å². The van der Waals surface area contributed by atoms with E-state index in [-0.39, 0.29) is 0 Å². The summed E-state index contributed by atoms with van der Waals surface area (Å²) in [7, 11) is 0. The Labute approximate surface area is 114 Å². The Balaban J connectivity index is 3.21. The molecule has 0 aliphatic rings. The van der Waals surface area contributed by atoms with Gasteiger partial charge < -0.3 is 11.1 Å². The van der Waals surface area contributed by atoms with Gasteiger partial charge in [0.1, 0.15) is 4.99 Å². The average molecular weight is 266 g/mol. The van der Waals surface area contributed by atoms with Crippen molar-refractivity contribution < 1.29 is 0 Å². The Morgan fingerprint density at radius 1 is 1.28 bits per heavy atom. The van der Waals surface area contributed by atoms with Gasteiger partial charge in [-0.1, -0.05) is 39.9 Å². The zero-order chi connectivity index (χ0) is 13.7. The van der Waals surface area contributed by atoms with Crippen LogP contribution in [0.1, 0.15) is 44.5 Å². The number of aromatic nitrogens is 2. The summed E-state index contributed by atoms with van der Waals surface area (Å²) < 4.78 is 0. The first-order valence-electron chi connectivity index (χ1n) is 6.43. The maximum absolute atomic E-state index is 5.84. The fraction of sp³-hybridized carbons (Fsp3) is 0.615. The van der Waals surface area contributed by atoms with Gasteiger partial charge in [0.2, 0.25) is 0 Å². The van der Waals surface area contributed by atoms with Crippen LogP contribution in [0, 0.1) is 5.92 Å². The van der Waals surface area contributed by atoms with Gasteiger partial charge in [0, 0.05) is 6.54 Å². The van der Waals surface area contributed by atoms with Crippen molar-refractivity contribution in [2.45, 2.75) is 40.5 Å². The first-order valence-corrected chi connectivity index (χ1v) is 6.84. The Morgan fingerprint density at radius 2 is 1.94 bits per heavy atom. The SMILES string of the molecule is CCc1nnc(NCC(C)C)c(C(N)=S)c1CC. The van der Waals surface area contributed by atoms with Gasteiger partial charge >= 0.3 is 0 Å². The molecule has 0 saturated heterocycles. The van der Waals surface area contributed by atoms with Gasteiger partial charge in [-0.15, -0.1) is 5.10 Å². The highest BCUT2D eigenvalue weighted by molar-refractivity contribution is 7.80. The minimum absolute atomic E-state index is 0.391. The first-order chi connectivity index (χ1) is 8.51. The molecule has 0 radical (unpaired) electrons. The molecule has 100 valence electrons. The number of rotatable bonds is 6. The predicted molar refractivity (Wildman–Crippen MR) is 80.0 cm³/mol. The summed E-state index contributed by atoms with van der Waals surface area (Å²) in [6.45, 7) is 9.26. The lowest BCUT2D eigenvalue weighted by Crippen LogP contribution is -2.21. The topological polar surface area (TPSA) is 63.8 Å². The first kappa shape index (κ1) is 14.8. The highest BCUT2D eigenvalue weighted by atomic mass is 32.1. The number of anilines is 1. The third kappa shape index (κ3) is 3.38. The molecule has 0 aromatic carbocycles. The van der Waals surface area contributed by atoms with Crippen LogP contribution in [0.4, 0.5) is 5.82 Å². The second kappa shape index (κ2) is 6.64. The van der Waals surface area contributed by atoms with Crippen molar-refractivity contribution in [3.63, 3.8) is 0 Å². The minimum atomic E-state index is 0.391. The van der Waals surface area contributed by atoms with E-state index in [4.69, 9.17) is 18.0 Å². The van der Waals surface area contributed by atoms with Gasteiger partial charge in [0.25, 0.3) is 0 Å². The minimum Gasteiger partial charge on any atom is -0.389 e. The molecule has 0 saturated carbocycles. The van der Waals surface area contributed by atoms with Crippen LogP contribution in [0.15, 0.2) is 0 Å². The summed E-state index contributed by atoms with van der Waals surface area (Å²) in [5, 5.41) is 11.8. The lowest BCUT2D eigenvalue weighted by molar-refractivity contribution is 0.684. The number of aryl methyl sites for hydroxylation is 1. The maximum Gasteiger partial charge on any atom is 0.159 e. The van der Waals surface area contributed by atoms with Crippen molar-refractivity contribution in [2.24, 2.45) is 11.7 Å². The van der Waals surface area contributed by atoms with Crippen LogP contribution in [0.5, 0.6) is 0 Å². The van der Waals surface area contributed by atoms with E-state index in [0.717, 1.165) is 36.2 Å². The molecule has 18 heavy (non-hydrogen) atoms. The summed E-state index contributed by atoms with van der Waals surface area (Å²) in [5.41, 5.74) is 8.80. The summed E-state index contributed by atoms with van der Waals surface area (Å²) in [5.74, 6) is 1.24. The lowest BCUT2D eigenvalue weighted by Gasteiger charge is -2.16. The van der Waals surface area contributed by atoms with Gasteiger partial charge in [0.15, 0.2) is 5.82 Å². The van der Waals surface area contributed by atoms with Crippen LogP contribution in [0.2, 0.25) is 0 Å². The molecule has 0 aliphatic heterocycles. The number of thiocarbonyl (C=S) groups is 1. The normalized spacial score (nSPS) is 10.7. The standard InChI is InChI=1S/C13H22N4S/c1-5-9-10(6-2)16-17-13(11(9)12(14)18)15-7-8(3)4/h8H,5-7H2,1-4H3,(H2,14,18)(H,15,17). The predicted octanol–water partition coefficient (Wildman–Crippen LogP) is 2.30. The molecular formula is C13H22N4S. The van der Waals surface area contributed by atoms with Crippen molar-refractivity contribution in [3.05, 3.63) is 16.8 Å². The summed E-state index contributed by atoms with van der Waals surface area (Å²) >= 11 is 5.16. The van der Waals surface area contributed by atoms with Crippen LogP contribution >= 0.6 is 12.2 Å². The number of hydrogen-bond acceptors (Lipinski definition) is 4. The van der Waals surface area contributed by atoms with Crippen molar-refractivity contribution in [3.8, 4) is 0 Å². The molecule has 4 nitrogen and oxygen atoms in total. The monoisotopic (exact) mass is 266 g/mol. The number of hydrogen-bond donors (Lipinski definition) is 2. The van der Waals surface area contributed by atoms with Gasteiger partial charge in [0.05, 0.1) is 11.3 Å². The molecule has 0 spiro atoms. The van der Waals surface area contributed by atoms with Gasteiger partial charge in [-0.25, -0.2) is 0 Å². The quantitative estimate of drug-likeness (QED) is 0.774. The van der Waals surface area contributed by atoms with Gasteiger partial charge in [-0.3, -0.25) is 0 Å². The molecule has 0 bridgehead atoms. The second-order valence-corrected chi connectivity index (χ2v) is 5.13. The molecule has 1 aromatic rings. The number of nitrogens with one attached hydrogen (secondary N) is 1. The van der Waals surface area contributed by atoms with E-state index in [1.165, 1.54) is 0 Å². The smallest absolute Gasteiger partial charge is 0.159 e. The molecule has 0 fully saturated rings. The van der Waals surface area contributed by atoms with Crippen molar-refractivity contribution in [2.75, 3.05) is 11.9 Å². The maximum atomic E-state index is 5.84. The Hall–Kier alpha value is -1.23. The summed E-state index contributed by atoms with van der Waals surface area (Å²) in [6.07, 6.45) is 1.71. The fourth-order valence-corrected chi connectivity index (χ4v) is 2.08. The van der Waals surface area contributed by atoms with E-state index in [1.807, 2.05) is 0 Å². The van der Waals surface area contributed by atoms with Crippen molar-refractivity contribution >= 4 is 23.0 Å². The van der Waals surface area contributed by atoms with Crippen molar-refractivity contribution in [1.29, 1.82) is 0 Å². The highest BCUT2D eigenvalue weighted by Crippen LogP contribution is 2.21. The number of nitrogens with zero attached hydrogens (tertiary/aromatic N) is 2. The molecule has 0 aliphatic carbocycles. The van der Waals surface area contributed by atoms with Crippen LogP contribution in [-0.2, 0) is 12.8 Å². The molecule has 0 amide bonds. The third-order valence-corrected chi connectivity index (χ3v) is 2.97.